The molecule has 0 aliphatic rings. The number of hydrogen-bond acceptors (Lipinski definition) is 6. The van der Waals surface area contributed by atoms with E-state index in [1.807, 2.05) is 60.7 Å². The van der Waals surface area contributed by atoms with E-state index in [9.17, 15) is 0 Å². The fourth-order valence-corrected chi connectivity index (χ4v) is 7.70. The van der Waals surface area contributed by atoms with Gasteiger partial charge in [-0.15, -0.1) is 0 Å². The summed E-state index contributed by atoms with van der Waals surface area (Å²) < 4.78 is 13.0. The van der Waals surface area contributed by atoms with E-state index in [4.69, 9.17) is 28.8 Å². The van der Waals surface area contributed by atoms with E-state index in [-0.39, 0.29) is 0 Å². The smallest absolute Gasteiger partial charge is 0.227 e. The zero-order valence-corrected chi connectivity index (χ0v) is 28.8. The maximum Gasteiger partial charge on any atom is 0.227 e. The largest absolute Gasteiger partial charge is 0.456 e. The molecule has 54 heavy (non-hydrogen) atoms. The molecular formula is C48H28N4O2. The molecule has 8 aromatic carbocycles. The molecular weight excluding hydrogens is 665 g/mol. The fraction of sp³-hybridized carbons (Fsp3) is 0. The van der Waals surface area contributed by atoms with Gasteiger partial charge < -0.3 is 8.83 Å². The second-order valence-corrected chi connectivity index (χ2v) is 13.4. The first-order chi connectivity index (χ1) is 26.8. The van der Waals surface area contributed by atoms with E-state index < -0.39 is 0 Å². The van der Waals surface area contributed by atoms with Crippen LogP contribution in [0.25, 0.3) is 111 Å². The third-order valence-electron chi connectivity index (χ3n) is 10.2. The van der Waals surface area contributed by atoms with Crippen molar-refractivity contribution in [2.45, 2.75) is 0 Å². The minimum atomic E-state index is 0.572. The maximum atomic E-state index is 6.51. The zero-order chi connectivity index (χ0) is 35.6. The van der Waals surface area contributed by atoms with Gasteiger partial charge in [-0.3, -0.25) is 0 Å². The van der Waals surface area contributed by atoms with Gasteiger partial charge >= 0.3 is 0 Å². The summed E-state index contributed by atoms with van der Waals surface area (Å²) in [6, 6.07) is 57.6. The van der Waals surface area contributed by atoms with Gasteiger partial charge in [0.15, 0.2) is 23.1 Å². The molecule has 3 heterocycles. The Labute approximate surface area is 309 Å². The van der Waals surface area contributed by atoms with Crippen LogP contribution >= 0.6 is 0 Å². The summed E-state index contributed by atoms with van der Waals surface area (Å²) in [4.78, 5) is 20.6. The highest BCUT2D eigenvalue weighted by molar-refractivity contribution is 6.26. The Morgan fingerprint density at radius 2 is 0.889 bits per heavy atom. The predicted molar refractivity (Wildman–Crippen MR) is 217 cm³/mol. The summed E-state index contributed by atoms with van der Waals surface area (Å²) in [5.74, 6) is 2.37. The minimum absolute atomic E-state index is 0.572. The lowest BCUT2D eigenvalue weighted by Crippen LogP contribution is -2.02. The molecule has 252 valence electrons. The van der Waals surface area contributed by atoms with Gasteiger partial charge in [0, 0.05) is 27.6 Å². The Balaban J connectivity index is 1.18. The Bertz CT molecular complexity index is 3220. The quantitative estimate of drug-likeness (QED) is 0.179. The van der Waals surface area contributed by atoms with Crippen LogP contribution in [0.2, 0.25) is 0 Å². The van der Waals surface area contributed by atoms with E-state index >= 15 is 0 Å². The zero-order valence-electron chi connectivity index (χ0n) is 28.8. The van der Waals surface area contributed by atoms with Crippen molar-refractivity contribution >= 4 is 54.6 Å². The van der Waals surface area contributed by atoms with Crippen LogP contribution < -0.4 is 0 Å². The topological polar surface area (TPSA) is 77.8 Å². The van der Waals surface area contributed by atoms with E-state index in [2.05, 4.69) is 109 Å². The third kappa shape index (κ3) is 4.81. The summed E-state index contributed by atoms with van der Waals surface area (Å²) in [7, 11) is 0. The van der Waals surface area contributed by atoms with Crippen LogP contribution in [0, 0.1) is 0 Å². The highest BCUT2D eigenvalue weighted by Crippen LogP contribution is 2.42. The number of fused-ring (bicyclic) bond motifs is 8. The second kappa shape index (κ2) is 12.1. The van der Waals surface area contributed by atoms with Gasteiger partial charge in [-0.2, -0.15) is 0 Å². The molecule has 6 heteroatoms. The minimum Gasteiger partial charge on any atom is -0.456 e. The Morgan fingerprint density at radius 1 is 0.333 bits per heavy atom. The number of rotatable bonds is 5. The first-order valence-corrected chi connectivity index (χ1v) is 17.9. The Morgan fingerprint density at radius 3 is 1.69 bits per heavy atom. The van der Waals surface area contributed by atoms with Crippen molar-refractivity contribution in [3.05, 3.63) is 170 Å². The van der Waals surface area contributed by atoms with Crippen LogP contribution in [0.15, 0.2) is 179 Å². The summed E-state index contributed by atoms with van der Waals surface area (Å²) in [6.07, 6.45) is 0. The van der Waals surface area contributed by atoms with E-state index in [0.29, 0.717) is 28.9 Å². The average molecular weight is 693 g/mol. The van der Waals surface area contributed by atoms with Crippen molar-refractivity contribution in [2.75, 3.05) is 0 Å². The van der Waals surface area contributed by atoms with Crippen molar-refractivity contribution in [3.63, 3.8) is 0 Å². The molecule has 0 fully saturated rings. The average Bonchev–Trinajstić information content (AvgIpc) is 3.86. The highest BCUT2D eigenvalue weighted by atomic mass is 16.4. The van der Waals surface area contributed by atoms with Crippen LogP contribution in [0.3, 0.4) is 0 Å². The van der Waals surface area contributed by atoms with Gasteiger partial charge in [0.1, 0.15) is 16.7 Å². The molecule has 0 amide bonds. The maximum absolute atomic E-state index is 6.51. The summed E-state index contributed by atoms with van der Waals surface area (Å²) in [6.45, 7) is 0. The molecule has 11 aromatic rings. The molecule has 6 nitrogen and oxygen atoms in total. The predicted octanol–water partition coefficient (Wildman–Crippen LogP) is 12.6. The standard InChI is InChI=1S/C48H28N4O2/c1-3-13-29(14-4-1)32-20-9-10-21-36(32)45-50-46(37-23-11-18-30-15-7-8-19-33(30)37)52-47(51-45)38-24-12-22-35-34(38)25-27-40-42(35)43-41(53-40)28-26-39-44(43)54-48(49-39)31-16-5-2-6-17-31/h1-28H. The number of hydrogen-bond donors (Lipinski definition) is 0. The van der Waals surface area contributed by atoms with Gasteiger partial charge in [-0.05, 0) is 69.1 Å². The van der Waals surface area contributed by atoms with Gasteiger partial charge in [0.25, 0.3) is 0 Å². The molecule has 0 atom stereocenters. The number of oxazole rings is 1. The van der Waals surface area contributed by atoms with Crippen LogP contribution in [0.1, 0.15) is 0 Å². The molecule has 0 radical (unpaired) electrons. The molecule has 0 bridgehead atoms. The molecule has 0 aliphatic heterocycles. The van der Waals surface area contributed by atoms with E-state index in [0.717, 1.165) is 82.4 Å². The Hall–Kier alpha value is -7.44. The molecule has 11 rings (SSSR count). The van der Waals surface area contributed by atoms with Crippen LogP contribution in [0.5, 0.6) is 0 Å². The van der Waals surface area contributed by atoms with Crippen molar-refractivity contribution in [2.24, 2.45) is 0 Å². The Kier molecular flexibility index (Phi) is 6.75. The first kappa shape index (κ1) is 30.2. The lowest BCUT2D eigenvalue weighted by Gasteiger charge is -2.14. The molecule has 0 aliphatic carbocycles. The summed E-state index contributed by atoms with van der Waals surface area (Å²) in [5, 5.41) is 6.05. The molecule has 0 saturated carbocycles. The van der Waals surface area contributed by atoms with Gasteiger partial charge in [0.05, 0.1) is 5.39 Å². The van der Waals surface area contributed by atoms with E-state index in [1.54, 1.807) is 0 Å². The molecule has 0 unspecified atom stereocenters. The molecule has 0 N–H and O–H groups in total. The van der Waals surface area contributed by atoms with Crippen LogP contribution in [0.4, 0.5) is 0 Å². The van der Waals surface area contributed by atoms with Crippen molar-refractivity contribution in [3.8, 4) is 56.7 Å². The van der Waals surface area contributed by atoms with Crippen molar-refractivity contribution in [1.82, 2.24) is 19.9 Å². The van der Waals surface area contributed by atoms with Gasteiger partial charge in [0.2, 0.25) is 5.89 Å². The molecule has 3 aromatic heterocycles. The van der Waals surface area contributed by atoms with Gasteiger partial charge in [-0.1, -0.05) is 133 Å². The summed E-state index contributed by atoms with van der Waals surface area (Å²) >= 11 is 0. The monoisotopic (exact) mass is 692 g/mol. The van der Waals surface area contributed by atoms with Crippen LogP contribution in [-0.2, 0) is 0 Å². The number of benzene rings is 8. The SMILES string of the molecule is c1ccc(-c2nc3ccc4oc5ccc6c(-c7nc(-c8ccccc8-c8ccccc8)nc(-c8cccc9ccccc89)n7)cccc6c5c4c3o2)cc1. The van der Waals surface area contributed by atoms with Gasteiger partial charge in [-0.25, -0.2) is 19.9 Å². The lowest BCUT2D eigenvalue weighted by molar-refractivity contribution is 0.622. The second-order valence-electron chi connectivity index (χ2n) is 13.4. The third-order valence-corrected chi connectivity index (χ3v) is 10.2. The van der Waals surface area contributed by atoms with Crippen molar-refractivity contribution < 1.29 is 8.83 Å². The van der Waals surface area contributed by atoms with Crippen LogP contribution in [-0.4, -0.2) is 19.9 Å². The number of furan rings is 1. The number of aromatic nitrogens is 4. The lowest BCUT2D eigenvalue weighted by atomic mass is 9.98. The van der Waals surface area contributed by atoms with Crippen molar-refractivity contribution in [1.29, 1.82) is 0 Å². The first-order valence-electron chi connectivity index (χ1n) is 17.9. The van der Waals surface area contributed by atoms with E-state index in [1.165, 1.54) is 0 Å². The molecule has 0 spiro atoms. The normalized spacial score (nSPS) is 11.7. The highest BCUT2D eigenvalue weighted by Gasteiger charge is 2.22. The fourth-order valence-electron chi connectivity index (χ4n) is 7.70. The molecule has 0 saturated heterocycles. The number of nitrogens with zero attached hydrogens (tertiary/aromatic N) is 4. The summed E-state index contributed by atoms with van der Waals surface area (Å²) in [5.41, 5.74) is 8.81.